The third-order valence-electron chi connectivity index (χ3n) is 6.45. The summed E-state index contributed by atoms with van der Waals surface area (Å²) in [5.74, 6) is -0.830. The number of hydrogen-bond donors (Lipinski definition) is 1. The number of rotatable bonds is 11. The van der Waals surface area contributed by atoms with Crippen molar-refractivity contribution in [1.29, 1.82) is 0 Å². The van der Waals surface area contributed by atoms with Crippen molar-refractivity contribution in [2.24, 2.45) is 0 Å². The van der Waals surface area contributed by atoms with Crippen LogP contribution in [0.2, 0.25) is 5.02 Å². The lowest BCUT2D eigenvalue weighted by Gasteiger charge is -2.33. The molecule has 3 aromatic carbocycles. The van der Waals surface area contributed by atoms with Gasteiger partial charge in [0.05, 0.1) is 10.6 Å². The molecule has 0 saturated carbocycles. The van der Waals surface area contributed by atoms with E-state index in [-0.39, 0.29) is 23.4 Å². The highest BCUT2D eigenvalue weighted by molar-refractivity contribution is 9.10. The average molecular weight is 635 g/mol. The predicted octanol–water partition coefficient (Wildman–Crippen LogP) is 5.94. The van der Waals surface area contributed by atoms with Gasteiger partial charge in [0.1, 0.15) is 12.6 Å². The molecular formula is C29H33BrClN3O4S. The molecule has 0 saturated heterocycles. The van der Waals surface area contributed by atoms with Crippen LogP contribution in [0.1, 0.15) is 38.3 Å². The Kier molecular flexibility index (Phi) is 10.6. The van der Waals surface area contributed by atoms with Gasteiger partial charge in [-0.2, -0.15) is 0 Å². The molecule has 39 heavy (non-hydrogen) atoms. The van der Waals surface area contributed by atoms with Crippen LogP contribution in [-0.4, -0.2) is 43.8 Å². The van der Waals surface area contributed by atoms with Gasteiger partial charge in [0.25, 0.3) is 10.0 Å². The van der Waals surface area contributed by atoms with Crippen LogP contribution in [0.3, 0.4) is 0 Å². The van der Waals surface area contributed by atoms with Crippen LogP contribution < -0.4 is 9.62 Å². The molecule has 2 atom stereocenters. The summed E-state index contributed by atoms with van der Waals surface area (Å²) >= 11 is 9.60. The van der Waals surface area contributed by atoms with E-state index in [1.54, 1.807) is 50.2 Å². The van der Waals surface area contributed by atoms with Gasteiger partial charge in [0.15, 0.2) is 0 Å². The maximum atomic E-state index is 14.0. The summed E-state index contributed by atoms with van der Waals surface area (Å²) < 4.78 is 29.6. The topological polar surface area (TPSA) is 86.8 Å². The van der Waals surface area contributed by atoms with Gasteiger partial charge in [0, 0.05) is 22.1 Å². The Hall–Kier alpha value is -2.88. The fourth-order valence-corrected chi connectivity index (χ4v) is 6.18. The van der Waals surface area contributed by atoms with Crippen LogP contribution in [-0.2, 0) is 26.2 Å². The zero-order chi connectivity index (χ0) is 28.7. The first-order valence-electron chi connectivity index (χ1n) is 12.6. The average Bonchev–Trinajstić information content (AvgIpc) is 2.90. The molecule has 0 aliphatic carbocycles. The summed E-state index contributed by atoms with van der Waals surface area (Å²) in [4.78, 5) is 28.6. The first kappa shape index (κ1) is 30.7. The van der Waals surface area contributed by atoms with Crippen molar-refractivity contribution in [1.82, 2.24) is 10.2 Å². The Balaban J connectivity index is 2.05. The quantitative estimate of drug-likeness (QED) is 0.283. The molecule has 3 aromatic rings. The number of sulfonamides is 1. The Labute approximate surface area is 244 Å². The molecule has 0 aliphatic heterocycles. The first-order chi connectivity index (χ1) is 18.4. The van der Waals surface area contributed by atoms with E-state index >= 15 is 0 Å². The summed E-state index contributed by atoms with van der Waals surface area (Å²) in [5.41, 5.74) is 1.72. The van der Waals surface area contributed by atoms with Crippen LogP contribution in [0.4, 0.5) is 5.69 Å². The monoisotopic (exact) mass is 633 g/mol. The number of hydrogen-bond acceptors (Lipinski definition) is 4. The molecule has 7 nitrogen and oxygen atoms in total. The van der Waals surface area contributed by atoms with Crippen molar-refractivity contribution in [2.75, 3.05) is 10.8 Å². The van der Waals surface area contributed by atoms with Crippen molar-refractivity contribution >= 4 is 55.1 Å². The Morgan fingerprint density at radius 1 is 1.00 bits per heavy atom. The van der Waals surface area contributed by atoms with E-state index in [0.717, 1.165) is 20.8 Å². The zero-order valence-corrected chi connectivity index (χ0v) is 25.6. The second-order valence-corrected chi connectivity index (χ2v) is 12.6. The minimum Gasteiger partial charge on any atom is -0.352 e. The van der Waals surface area contributed by atoms with Gasteiger partial charge in [0.2, 0.25) is 11.8 Å². The summed E-state index contributed by atoms with van der Waals surface area (Å²) in [5, 5.41) is 3.38. The van der Waals surface area contributed by atoms with E-state index in [2.05, 4.69) is 21.2 Å². The standard InChI is InChI=1S/C29H33BrClN3O4S/c1-5-21(3)32-29(36)22(4)33(18-23-10-9-11-24(30)17-23)28(35)19-34(27-15-14-25(31)16-20(27)2)39(37,38)26-12-7-6-8-13-26/h6-17,21-22H,5,18-19H2,1-4H3,(H,32,36)/t21-,22+/m0/s1. The fourth-order valence-electron chi connectivity index (χ4n) is 4.01. The molecule has 0 aromatic heterocycles. The van der Waals surface area contributed by atoms with Crippen LogP contribution in [0.25, 0.3) is 0 Å². The molecule has 0 heterocycles. The molecular weight excluding hydrogens is 602 g/mol. The molecule has 0 fully saturated rings. The number of nitrogens with zero attached hydrogens (tertiary/aromatic N) is 2. The zero-order valence-electron chi connectivity index (χ0n) is 22.4. The minimum atomic E-state index is -4.13. The van der Waals surface area contributed by atoms with Crippen LogP contribution in [0.15, 0.2) is 82.2 Å². The smallest absolute Gasteiger partial charge is 0.264 e. The lowest BCUT2D eigenvalue weighted by Crippen LogP contribution is -2.52. The third-order valence-corrected chi connectivity index (χ3v) is 8.95. The number of aryl methyl sites for hydroxylation is 1. The van der Waals surface area contributed by atoms with Gasteiger partial charge in [-0.1, -0.05) is 64.8 Å². The largest absolute Gasteiger partial charge is 0.352 e. The third kappa shape index (κ3) is 7.84. The van der Waals surface area contributed by atoms with E-state index in [0.29, 0.717) is 16.3 Å². The van der Waals surface area contributed by atoms with Gasteiger partial charge >= 0.3 is 0 Å². The molecule has 10 heteroatoms. The van der Waals surface area contributed by atoms with Gasteiger partial charge in [-0.3, -0.25) is 13.9 Å². The highest BCUT2D eigenvalue weighted by atomic mass is 79.9. The summed E-state index contributed by atoms with van der Waals surface area (Å²) in [7, 11) is -4.13. The Morgan fingerprint density at radius 2 is 1.69 bits per heavy atom. The van der Waals surface area contributed by atoms with Crippen LogP contribution >= 0.6 is 27.5 Å². The van der Waals surface area contributed by atoms with Crippen LogP contribution in [0, 0.1) is 6.92 Å². The lowest BCUT2D eigenvalue weighted by atomic mass is 10.1. The number of nitrogens with one attached hydrogen (secondary N) is 1. The normalized spacial score (nSPS) is 12.9. The number of carbonyl (C=O) groups excluding carboxylic acids is 2. The number of amides is 2. The van der Waals surface area contributed by atoms with E-state index in [9.17, 15) is 18.0 Å². The van der Waals surface area contributed by atoms with Gasteiger partial charge in [-0.25, -0.2) is 8.42 Å². The van der Waals surface area contributed by atoms with E-state index in [1.165, 1.54) is 17.0 Å². The molecule has 3 rings (SSSR count). The molecule has 208 valence electrons. The fraction of sp³-hybridized carbons (Fsp3) is 0.310. The maximum Gasteiger partial charge on any atom is 0.264 e. The van der Waals surface area contributed by atoms with Gasteiger partial charge in [-0.05, 0) is 80.8 Å². The van der Waals surface area contributed by atoms with Crippen molar-refractivity contribution in [2.45, 2.75) is 57.6 Å². The van der Waals surface area contributed by atoms with E-state index in [1.807, 2.05) is 38.1 Å². The molecule has 1 N–H and O–H groups in total. The highest BCUT2D eigenvalue weighted by Gasteiger charge is 2.33. The van der Waals surface area contributed by atoms with Crippen molar-refractivity contribution in [3.63, 3.8) is 0 Å². The van der Waals surface area contributed by atoms with Crippen molar-refractivity contribution in [3.8, 4) is 0 Å². The molecule has 0 spiro atoms. The van der Waals surface area contributed by atoms with Gasteiger partial charge in [-0.15, -0.1) is 0 Å². The Bertz CT molecular complexity index is 1420. The van der Waals surface area contributed by atoms with Crippen molar-refractivity contribution < 1.29 is 18.0 Å². The first-order valence-corrected chi connectivity index (χ1v) is 15.2. The number of carbonyl (C=O) groups is 2. The SMILES string of the molecule is CC[C@H](C)NC(=O)[C@@H](C)N(Cc1cccc(Br)c1)C(=O)CN(c1ccc(Cl)cc1C)S(=O)(=O)c1ccccc1. The summed E-state index contributed by atoms with van der Waals surface area (Å²) in [6, 6.07) is 19.3. The Morgan fingerprint density at radius 3 is 2.31 bits per heavy atom. The summed E-state index contributed by atoms with van der Waals surface area (Å²) in [6.07, 6.45) is 0.733. The van der Waals surface area contributed by atoms with E-state index in [4.69, 9.17) is 11.6 Å². The van der Waals surface area contributed by atoms with Crippen LogP contribution in [0.5, 0.6) is 0 Å². The number of benzene rings is 3. The number of anilines is 1. The second kappa shape index (κ2) is 13.5. The molecule has 2 amide bonds. The number of halogens is 2. The second-order valence-electron chi connectivity index (χ2n) is 9.40. The molecule has 0 unspecified atom stereocenters. The van der Waals surface area contributed by atoms with Gasteiger partial charge < -0.3 is 10.2 Å². The molecule has 0 radical (unpaired) electrons. The highest BCUT2D eigenvalue weighted by Crippen LogP contribution is 2.29. The predicted molar refractivity (Wildman–Crippen MR) is 159 cm³/mol. The molecule has 0 aliphatic rings. The van der Waals surface area contributed by atoms with E-state index < -0.39 is 28.5 Å². The molecule has 0 bridgehead atoms. The maximum absolute atomic E-state index is 14.0. The lowest BCUT2D eigenvalue weighted by molar-refractivity contribution is -0.139. The van der Waals surface area contributed by atoms with Crippen molar-refractivity contribution in [3.05, 3.63) is 93.4 Å². The summed E-state index contributed by atoms with van der Waals surface area (Å²) in [6.45, 7) is 6.85. The minimum absolute atomic E-state index is 0.0493.